The number of hydrogen-bond acceptors (Lipinski definition) is 10. The molecule has 2 unspecified atom stereocenters. The van der Waals surface area contributed by atoms with Crippen LogP contribution >= 0.6 is 0 Å². The second-order valence-electron chi connectivity index (χ2n) is 12.1. The molecule has 4 fully saturated rings. The van der Waals surface area contributed by atoms with Crippen LogP contribution in [0.25, 0.3) is 0 Å². The van der Waals surface area contributed by atoms with Crippen molar-refractivity contribution < 1.29 is 39.0 Å². The van der Waals surface area contributed by atoms with Crippen molar-refractivity contribution in [2.24, 2.45) is 35.5 Å². The number of hydrogen-bond donors (Lipinski definition) is 3. The van der Waals surface area contributed by atoms with E-state index in [1.54, 1.807) is 4.90 Å². The maximum Gasteiger partial charge on any atom is 0.491 e. The number of piperidine rings is 2. The van der Waals surface area contributed by atoms with Crippen LogP contribution in [0.1, 0.15) is 46.5 Å². The van der Waals surface area contributed by atoms with Gasteiger partial charge in [0.05, 0.1) is 18.9 Å². The van der Waals surface area contributed by atoms with Crippen LogP contribution in [0.4, 0.5) is 10.7 Å². The summed E-state index contributed by atoms with van der Waals surface area (Å²) in [5.41, 5.74) is -0.231. The average molecular weight is 546 g/mol. The molecule has 4 aliphatic rings. The van der Waals surface area contributed by atoms with Gasteiger partial charge in [0.1, 0.15) is 5.60 Å². The molecule has 0 spiro atoms. The Kier molecular flexibility index (Phi) is 8.70. The topological polar surface area (TPSA) is 163 Å². The largest absolute Gasteiger partial charge is 0.491 e. The number of methoxy groups -OCH3 is 1. The van der Waals surface area contributed by atoms with Gasteiger partial charge in [0.2, 0.25) is 5.95 Å². The Morgan fingerprint density at radius 2 is 1.38 bits per heavy atom. The van der Waals surface area contributed by atoms with E-state index in [0.717, 1.165) is 38.8 Å². The van der Waals surface area contributed by atoms with E-state index in [9.17, 15) is 19.5 Å². The Balaban J connectivity index is 0.000000183. The molecule has 1 aromatic rings. The molecule has 5 rings (SSSR count). The number of carboxylic acid groups (broad SMARTS) is 1. The monoisotopic (exact) mass is 546 g/mol. The van der Waals surface area contributed by atoms with Gasteiger partial charge in [0.25, 0.3) is 0 Å². The standard InChI is InChI=1S/C13H18BN3O4.C13H21NO4/c1-21-12(18)11-8-2-3-9(11)7-17(6-8)13-15-4-10(5-16-13)14(19)20;1-13(2,3)18-12(17)14-6-8-4-5-9(7-14)10(8)11(15)16/h4-5,8-9,11,19-20H,2-3,6-7H2,1H3;8-10H,4-7H2,1-3H3,(H,15,16)/t8-,9+,11?;8-,9+,10?. The van der Waals surface area contributed by atoms with Gasteiger partial charge in [-0.05, 0) is 70.1 Å². The van der Waals surface area contributed by atoms with Crippen molar-refractivity contribution in [3.8, 4) is 0 Å². The fourth-order valence-electron chi connectivity index (χ4n) is 6.64. The summed E-state index contributed by atoms with van der Waals surface area (Å²) in [4.78, 5) is 47.1. The molecule has 2 aliphatic carbocycles. The molecule has 4 bridgehead atoms. The van der Waals surface area contributed by atoms with E-state index in [1.807, 2.05) is 20.8 Å². The number of nitrogens with zero attached hydrogens (tertiary/aromatic N) is 4. The van der Waals surface area contributed by atoms with Gasteiger partial charge in [-0.2, -0.15) is 0 Å². The summed E-state index contributed by atoms with van der Waals surface area (Å²) in [5.74, 6) is 0.203. The maximum atomic E-state index is 12.0. The first-order chi connectivity index (χ1) is 18.4. The molecular weight excluding hydrogens is 507 g/mol. The Morgan fingerprint density at radius 3 is 1.79 bits per heavy atom. The number of fused-ring (bicyclic) bond motifs is 4. The third-order valence-corrected chi connectivity index (χ3v) is 8.32. The zero-order chi connectivity index (χ0) is 28.5. The number of carboxylic acids is 1. The highest BCUT2D eigenvalue weighted by Crippen LogP contribution is 2.43. The summed E-state index contributed by atoms with van der Waals surface area (Å²) in [5, 5.41) is 27.3. The Bertz CT molecular complexity index is 1020. The third-order valence-electron chi connectivity index (χ3n) is 8.32. The molecule has 3 N–H and O–H groups in total. The van der Waals surface area contributed by atoms with Crippen molar-refractivity contribution in [1.82, 2.24) is 14.9 Å². The van der Waals surface area contributed by atoms with Crippen molar-refractivity contribution in [3.05, 3.63) is 12.4 Å². The minimum absolute atomic E-state index is 0.00946. The third kappa shape index (κ3) is 6.63. The van der Waals surface area contributed by atoms with Crippen molar-refractivity contribution >= 4 is 36.6 Å². The molecule has 2 aliphatic heterocycles. The van der Waals surface area contributed by atoms with Crippen LogP contribution in [0.3, 0.4) is 0 Å². The minimum Gasteiger partial charge on any atom is -0.481 e. The fraction of sp³-hybridized carbons (Fsp3) is 0.731. The summed E-state index contributed by atoms with van der Waals surface area (Å²) < 4.78 is 10.2. The lowest BCUT2D eigenvalue weighted by Gasteiger charge is -2.36. The first-order valence-corrected chi connectivity index (χ1v) is 13.6. The summed E-state index contributed by atoms with van der Waals surface area (Å²) in [6.07, 6.45) is 6.37. The molecule has 2 saturated heterocycles. The number of carbonyl (C=O) groups is 3. The van der Waals surface area contributed by atoms with E-state index >= 15 is 0 Å². The van der Waals surface area contributed by atoms with Crippen LogP contribution in [-0.2, 0) is 19.1 Å². The minimum atomic E-state index is -1.56. The van der Waals surface area contributed by atoms with Crippen LogP contribution in [-0.4, -0.2) is 94.1 Å². The van der Waals surface area contributed by atoms with Gasteiger partial charge in [-0.1, -0.05) is 0 Å². The lowest BCUT2D eigenvalue weighted by Crippen LogP contribution is -2.48. The maximum absolute atomic E-state index is 12.0. The second kappa shape index (κ2) is 11.7. The molecule has 13 heteroatoms. The smallest absolute Gasteiger partial charge is 0.481 e. The van der Waals surface area contributed by atoms with E-state index in [1.165, 1.54) is 19.5 Å². The Morgan fingerprint density at radius 1 is 0.897 bits per heavy atom. The van der Waals surface area contributed by atoms with Gasteiger partial charge in [-0.25, -0.2) is 14.8 Å². The van der Waals surface area contributed by atoms with Gasteiger partial charge in [-0.15, -0.1) is 0 Å². The Hall–Kier alpha value is -2.93. The number of anilines is 1. The lowest BCUT2D eigenvalue weighted by atomic mass is 9.83. The first kappa shape index (κ1) is 29.1. The number of rotatable bonds is 4. The molecule has 12 nitrogen and oxygen atoms in total. The number of aliphatic carboxylic acids is 1. The van der Waals surface area contributed by atoms with Crippen molar-refractivity contribution in [2.75, 3.05) is 38.2 Å². The zero-order valence-corrected chi connectivity index (χ0v) is 23.0. The van der Waals surface area contributed by atoms with E-state index in [2.05, 4.69) is 14.9 Å². The molecular formula is C26H39BN4O8. The van der Waals surface area contributed by atoms with Gasteiger partial charge in [0.15, 0.2) is 0 Å². The van der Waals surface area contributed by atoms with E-state index in [-0.39, 0.29) is 53.0 Å². The van der Waals surface area contributed by atoms with E-state index < -0.39 is 18.7 Å². The van der Waals surface area contributed by atoms with Crippen LogP contribution in [0.5, 0.6) is 0 Å². The van der Waals surface area contributed by atoms with Gasteiger partial charge < -0.3 is 34.4 Å². The van der Waals surface area contributed by atoms with Crippen LogP contribution in [0.15, 0.2) is 12.4 Å². The van der Waals surface area contributed by atoms with Crippen molar-refractivity contribution in [3.63, 3.8) is 0 Å². The van der Waals surface area contributed by atoms with Crippen LogP contribution in [0.2, 0.25) is 0 Å². The molecule has 39 heavy (non-hydrogen) atoms. The number of esters is 1. The average Bonchev–Trinajstić information content (AvgIpc) is 3.30. The van der Waals surface area contributed by atoms with E-state index in [0.29, 0.717) is 19.0 Å². The SMILES string of the molecule is CC(C)(C)OC(=O)N1C[C@H]2CC[C@@H](C1)C2C(=O)O.COC(=O)C1[C@@H]2CC[C@H]1CN(c1ncc(B(O)O)cn1)C2. The van der Waals surface area contributed by atoms with Gasteiger partial charge in [0, 0.05) is 44.0 Å². The van der Waals surface area contributed by atoms with Crippen LogP contribution < -0.4 is 10.4 Å². The van der Waals surface area contributed by atoms with Crippen molar-refractivity contribution in [2.45, 2.75) is 52.1 Å². The predicted molar refractivity (Wildman–Crippen MR) is 141 cm³/mol. The highest BCUT2D eigenvalue weighted by Gasteiger charge is 2.48. The number of carbonyl (C=O) groups excluding carboxylic acids is 2. The fourth-order valence-corrected chi connectivity index (χ4v) is 6.64. The zero-order valence-electron chi connectivity index (χ0n) is 23.0. The molecule has 214 valence electrons. The predicted octanol–water partition coefficient (Wildman–Crippen LogP) is 0.756. The summed E-state index contributed by atoms with van der Waals surface area (Å²) in [7, 11) is -0.115. The van der Waals surface area contributed by atoms with Crippen molar-refractivity contribution in [1.29, 1.82) is 0 Å². The highest BCUT2D eigenvalue weighted by molar-refractivity contribution is 6.58. The normalized spacial score (nSPS) is 29.3. The molecule has 1 amide bonds. The summed E-state index contributed by atoms with van der Waals surface area (Å²) >= 11 is 0. The number of aromatic nitrogens is 2. The van der Waals surface area contributed by atoms with Gasteiger partial charge >= 0.3 is 25.2 Å². The first-order valence-electron chi connectivity index (χ1n) is 13.6. The number of likely N-dealkylation sites (tertiary alicyclic amines) is 1. The summed E-state index contributed by atoms with van der Waals surface area (Å²) in [6, 6.07) is 0. The molecule has 1 aromatic heterocycles. The quantitative estimate of drug-likeness (QED) is 0.361. The second-order valence-corrected chi connectivity index (χ2v) is 12.1. The highest BCUT2D eigenvalue weighted by atomic mass is 16.6. The molecule has 2 saturated carbocycles. The van der Waals surface area contributed by atoms with E-state index in [4.69, 9.17) is 19.5 Å². The number of ether oxygens (including phenoxy) is 2. The molecule has 0 radical (unpaired) electrons. The van der Waals surface area contributed by atoms with Crippen LogP contribution in [0, 0.1) is 35.5 Å². The molecule has 0 aromatic carbocycles. The lowest BCUT2D eigenvalue weighted by molar-refractivity contribution is -0.149. The Labute approximate surface area is 228 Å². The molecule has 3 heterocycles. The van der Waals surface area contributed by atoms with Gasteiger partial charge in [-0.3, -0.25) is 9.59 Å². The summed E-state index contributed by atoms with van der Waals surface area (Å²) in [6.45, 7) is 8.01. The number of amides is 1. The molecule has 6 atom stereocenters.